The fraction of sp³-hybridized carbons (Fsp3) is 0.889. The molecule has 0 spiro atoms. The lowest BCUT2D eigenvalue weighted by atomic mass is 10.2. The van der Waals surface area contributed by atoms with Gasteiger partial charge in [0, 0.05) is 26.7 Å². The van der Waals surface area contributed by atoms with Crippen molar-refractivity contribution < 1.29 is 9.53 Å². The van der Waals surface area contributed by atoms with Crippen molar-refractivity contribution in [2.45, 2.75) is 32.6 Å². The molecule has 3 nitrogen and oxygen atoms in total. The molecule has 1 N–H and O–H groups in total. The summed E-state index contributed by atoms with van der Waals surface area (Å²) in [6.07, 6.45) is 3.84. The lowest BCUT2D eigenvalue weighted by Gasteiger charge is -2.02. The molecule has 0 aliphatic rings. The second-order valence-electron chi connectivity index (χ2n) is 2.76. The number of amides is 1. The van der Waals surface area contributed by atoms with Crippen molar-refractivity contribution in [1.82, 2.24) is 5.32 Å². The van der Waals surface area contributed by atoms with Crippen molar-refractivity contribution in [2.75, 3.05) is 20.3 Å². The molecule has 0 aromatic carbocycles. The van der Waals surface area contributed by atoms with Gasteiger partial charge >= 0.3 is 0 Å². The first kappa shape index (κ1) is 11.4. The predicted molar refractivity (Wildman–Crippen MR) is 49.0 cm³/mol. The number of ether oxygens (including phenoxy) is 1. The van der Waals surface area contributed by atoms with E-state index in [9.17, 15) is 4.79 Å². The van der Waals surface area contributed by atoms with Crippen LogP contribution in [0.3, 0.4) is 0 Å². The van der Waals surface area contributed by atoms with Crippen LogP contribution in [0.1, 0.15) is 32.6 Å². The quantitative estimate of drug-likeness (QED) is 0.590. The third-order valence-corrected chi connectivity index (χ3v) is 1.67. The van der Waals surface area contributed by atoms with Crippen molar-refractivity contribution in [3.63, 3.8) is 0 Å². The van der Waals surface area contributed by atoms with Crippen LogP contribution < -0.4 is 5.32 Å². The maximum atomic E-state index is 10.8. The lowest BCUT2D eigenvalue weighted by molar-refractivity contribution is -0.120. The molecule has 0 saturated heterocycles. The highest BCUT2D eigenvalue weighted by atomic mass is 16.5. The van der Waals surface area contributed by atoms with Gasteiger partial charge in [0.05, 0.1) is 0 Å². The van der Waals surface area contributed by atoms with Gasteiger partial charge in [-0.1, -0.05) is 6.92 Å². The maximum absolute atomic E-state index is 10.8. The normalized spacial score (nSPS) is 9.83. The summed E-state index contributed by atoms with van der Waals surface area (Å²) >= 11 is 0. The first-order valence-electron chi connectivity index (χ1n) is 4.57. The van der Waals surface area contributed by atoms with Gasteiger partial charge in [0.2, 0.25) is 5.91 Å². The first-order valence-corrected chi connectivity index (χ1v) is 4.57. The molecule has 0 fully saturated rings. The van der Waals surface area contributed by atoms with Crippen molar-refractivity contribution in [2.24, 2.45) is 0 Å². The van der Waals surface area contributed by atoms with Gasteiger partial charge in [-0.05, 0) is 19.3 Å². The van der Waals surface area contributed by atoms with Crippen molar-refractivity contribution in [1.29, 1.82) is 0 Å². The van der Waals surface area contributed by atoms with E-state index in [1.807, 2.05) is 6.92 Å². The number of hydrogen-bond acceptors (Lipinski definition) is 2. The summed E-state index contributed by atoms with van der Waals surface area (Å²) in [5, 5.41) is 2.83. The van der Waals surface area contributed by atoms with Crippen LogP contribution in [-0.2, 0) is 9.53 Å². The van der Waals surface area contributed by atoms with Crippen LogP contribution in [0.4, 0.5) is 0 Å². The van der Waals surface area contributed by atoms with Crippen molar-refractivity contribution in [3.8, 4) is 0 Å². The molecule has 12 heavy (non-hydrogen) atoms. The number of carbonyl (C=O) groups is 1. The molecule has 0 atom stereocenters. The summed E-state index contributed by atoms with van der Waals surface area (Å²) in [7, 11) is 1.71. The summed E-state index contributed by atoms with van der Waals surface area (Å²) in [6.45, 7) is 3.48. The van der Waals surface area contributed by atoms with Crippen LogP contribution in [0.25, 0.3) is 0 Å². The molecule has 3 heteroatoms. The predicted octanol–water partition coefficient (Wildman–Crippen LogP) is 1.33. The maximum Gasteiger partial charge on any atom is 0.219 e. The molecule has 72 valence electrons. The highest BCUT2D eigenvalue weighted by Gasteiger charge is 1.94. The van der Waals surface area contributed by atoms with E-state index in [2.05, 4.69) is 5.32 Å². The van der Waals surface area contributed by atoms with E-state index in [-0.39, 0.29) is 5.91 Å². The highest BCUT2D eigenvalue weighted by Crippen LogP contribution is 1.93. The summed E-state index contributed by atoms with van der Waals surface area (Å²) in [5.74, 6) is 0.141. The van der Waals surface area contributed by atoms with E-state index in [0.717, 1.165) is 32.4 Å². The van der Waals surface area contributed by atoms with Crippen LogP contribution >= 0.6 is 0 Å². The molecule has 0 heterocycles. The van der Waals surface area contributed by atoms with Crippen molar-refractivity contribution in [3.05, 3.63) is 0 Å². The Bertz CT molecular complexity index is 115. The second kappa shape index (κ2) is 8.53. The summed E-state index contributed by atoms with van der Waals surface area (Å²) in [6, 6.07) is 0. The SMILES string of the molecule is CCC(=O)NCCCCCOC. The number of carbonyl (C=O) groups excluding carboxylic acids is 1. The number of hydrogen-bond donors (Lipinski definition) is 1. The van der Waals surface area contributed by atoms with Gasteiger partial charge in [-0.3, -0.25) is 4.79 Å². The van der Waals surface area contributed by atoms with Crippen LogP contribution in [0, 0.1) is 0 Å². The van der Waals surface area contributed by atoms with Crippen molar-refractivity contribution >= 4 is 5.91 Å². The van der Waals surface area contributed by atoms with Crippen LogP contribution in [0.15, 0.2) is 0 Å². The molecule has 0 aliphatic heterocycles. The summed E-state index contributed by atoms with van der Waals surface area (Å²) < 4.78 is 4.90. The van der Waals surface area contributed by atoms with E-state index in [0.29, 0.717) is 6.42 Å². The Labute approximate surface area is 74.5 Å². The standard InChI is InChI=1S/C9H19NO2/c1-3-9(11)10-7-5-4-6-8-12-2/h3-8H2,1-2H3,(H,10,11). The molecule has 1 amide bonds. The number of nitrogens with one attached hydrogen (secondary N) is 1. The zero-order valence-electron chi connectivity index (χ0n) is 8.06. The minimum Gasteiger partial charge on any atom is -0.385 e. The lowest BCUT2D eigenvalue weighted by Crippen LogP contribution is -2.23. The molecule has 0 rings (SSSR count). The number of rotatable bonds is 7. The number of methoxy groups -OCH3 is 1. The van der Waals surface area contributed by atoms with Gasteiger partial charge < -0.3 is 10.1 Å². The Morgan fingerprint density at radius 2 is 2.08 bits per heavy atom. The van der Waals surface area contributed by atoms with Gasteiger partial charge in [0.25, 0.3) is 0 Å². The Balaban J connectivity index is 2.95. The highest BCUT2D eigenvalue weighted by molar-refractivity contribution is 5.75. The Morgan fingerprint density at radius 3 is 2.67 bits per heavy atom. The molecule has 0 aliphatic carbocycles. The van der Waals surface area contributed by atoms with Gasteiger partial charge in [0.1, 0.15) is 0 Å². The molecule has 0 radical (unpaired) electrons. The van der Waals surface area contributed by atoms with E-state index in [1.165, 1.54) is 0 Å². The largest absolute Gasteiger partial charge is 0.385 e. The first-order chi connectivity index (χ1) is 5.81. The topological polar surface area (TPSA) is 38.3 Å². The summed E-state index contributed by atoms with van der Waals surface area (Å²) in [4.78, 5) is 10.8. The minimum atomic E-state index is 0.141. The van der Waals surface area contributed by atoms with E-state index >= 15 is 0 Å². The molecule has 0 saturated carbocycles. The van der Waals surface area contributed by atoms with Crippen LogP contribution in [0.5, 0.6) is 0 Å². The van der Waals surface area contributed by atoms with Gasteiger partial charge in [-0.2, -0.15) is 0 Å². The Morgan fingerprint density at radius 1 is 1.33 bits per heavy atom. The molecule has 0 aromatic heterocycles. The Hall–Kier alpha value is -0.570. The molecular weight excluding hydrogens is 154 g/mol. The van der Waals surface area contributed by atoms with Crippen LogP contribution in [0.2, 0.25) is 0 Å². The fourth-order valence-electron chi connectivity index (χ4n) is 0.901. The molecular formula is C9H19NO2. The molecule has 0 aromatic rings. The van der Waals surface area contributed by atoms with Gasteiger partial charge in [-0.15, -0.1) is 0 Å². The number of unbranched alkanes of at least 4 members (excludes halogenated alkanes) is 2. The van der Waals surface area contributed by atoms with E-state index in [4.69, 9.17) is 4.74 Å². The molecule has 0 bridgehead atoms. The van der Waals surface area contributed by atoms with E-state index in [1.54, 1.807) is 7.11 Å². The average molecular weight is 173 g/mol. The minimum absolute atomic E-state index is 0.141. The zero-order valence-corrected chi connectivity index (χ0v) is 8.06. The Kier molecular flexibility index (Phi) is 8.12. The third-order valence-electron chi connectivity index (χ3n) is 1.67. The monoisotopic (exact) mass is 173 g/mol. The smallest absolute Gasteiger partial charge is 0.219 e. The molecule has 0 unspecified atom stereocenters. The average Bonchev–Trinajstić information content (AvgIpc) is 2.10. The fourth-order valence-corrected chi connectivity index (χ4v) is 0.901. The van der Waals surface area contributed by atoms with Gasteiger partial charge in [-0.25, -0.2) is 0 Å². The second-order valence-corrected chi connectivity index (χ2v) is 2.76. The summed E-state index contributed by atoms with van der Waals surface area (Å²) in [5.41, 5.74) is 0. The zero-order chi connectivity index (χ0) is 9.23. The third kappa shape index (κ3) is 7.54. The van der Waals surface area contributed by atoms with E-state index < -0.39 is 0 Å². The van der Waals surface area contributed by atoms with Gasteiger partial charge in [0.15, 0.2) is 0 Å². The van der Waals surface area contributed by atoms with Crippen LogP contribution in [-0.4, -0.2) is 26.2 Å².